The fourth-order valence-corrected chi connectivity index (χ4v) is 2.35. The van der Waals surface area contributed by atoms with Gasteiger partial charge in [-0.05, 0) is 12.8 Å². The molecule has 1 fully saturated rings. The first kappa shape index (κ1) is 16.4. The van der Waals surface area contributed by atoms with E-state index in [2.05, 4.69) is 0 Å². The molecule has 20 heavy (non-hydrogen) atoms. The summed E-state index contributed by atoms with van der Waals surface area (Å²) in [6.07, 6.45) is 1.22. The fraction of sp³-hybridized carbons (Fsp3) is 0.769. The number of carbonyl (C=O) groups is 3. The lowest BCUT2D eigenvalue weighted by molar-refractivity contribution is -0.422. The summed E-state index contributed by atoms with van der Waals surface area (Å²) in [4.78, 5) is 34.1. The molecule has 1 heterocycles. The van der Waals surface area contributed by atoms with Gasteiger partial charge in [-0.25, -0.2) is 0 Å². The highest BCUT2D eigenvalue weighted by molar-refractivity contribution is 5.70. The molecular formula is C13H20O7. The average molecular weight is 288 g/mol. The molecule has 7 nitrogen and oxygen atoms in total. The molecule has 1 rings (SSSR count). The Kier molecular flexibility index (Phi) is 5.10. The predicted molar refractivity (Wildman–Crippen MR) is 66.2 cm³/mol. The third kappa shape index (κ3) is 3.27. The highest BCUT2D eigenvalue weighted by atomic mass is 16.9. The Labute approximate surface area is 117 Å². The smallest absolute Gasteiger partial charge is 0.418 e. The zero-order valence-electron chi connectivity index (χ0n) is 12.2. The fourth-order valence-electron chi connectivity index (χ4n) is 2.35. The molecule has 0 aromatic rings. The minimum Gasteiger partial charge on any atom is -0.448 e. The molecule has 1 unspecified atom stereocenters. The molecular weight excluding hydrogens is 268 g/mol. The highest BCUT2D eigenvalue weighted by Gasteiger charge is 2.63. The van der Waals surface area contributed by atoms with Gasteiger partial charge >= 0.3 is 23.9 Å². The van der Waals surface area contributed by atoms with Gasteiger partial charge in [-0.3, -0.25) is 14.4 Å². The Bertz CT molecular complexity index is 388. The molecule has 0 N–H and O–H groups in total. The third-order valence-electron chi connectivity index (χ3n) is 3.04. The van der Waals surface area contributed by atoms with Crippen LogP contribution in [0.25, 0.3) is 0 Å². The van der Waals surface area contributed by atoms with Crippen molar-refractivity contribution in [3.8, 4) is 0 Å². The van der Waals surface area contributed by atoms with Crippen LogP contribution in [0.4, 0.5) is 0 Å². The Morgan fingerprint density at radius 2 is 1.50 bits per heavy atom. The van der Waals surface area contributed by atoms with Crippen molar-refractivity contribution in [3.05, 3.63) is 0 Å². The molecule has 1 aliphatic heterocycles. The quantitative estimate of drug-likeness (QED) is 0.569. The minimum atomic E-state index is -2.02. The molecule has 1 aliphatic rings. The van der Waals surface area contributed by atoms with Crippen LogP contribution in [0.15, 0.2) is 0 Å². The second kappa shape index (κ2) is 6.21. The van der Waals surface area contributed by atoms with E-state index in [1.807, 2.05) is 0 Å². The Balaban J connectivity index is 3.26. The molecule has 0 aromatic carbocycles. The Morgan fingerprint density at radius 3 is 1.90 bits per heavy atom. The van der Waals surface area contributed by atoms with Crippen molar-refractivity contribution in [2.75, 3.05) is 6.61 Å². The molecule has 0 radical (unpaired) electrons. The van der Waals surface area contributed by atoms with Crippen molar-refractivity contribution >= 4 is 17.9 Å². The second-order valence-corrected chi connectivity index (χ2v) is 4.64. The number of hydrogen-bond donors (Lipinski definition) is 0. The first-order chi connectivity index (χ1) is 9.27. The van der Waals surface area contributed by atoms with E-state index in [1.54, 1.807) is 6.92 Å². The van der Waals surface area contributed by atoms with Crippen molar-refractivity contribution in [3.63, 3.8) is 0 Å². The van der Waals surface area contributed by atoms with E-state index in [-0.39, 0.29) is 13.0 Å². The SMILES string of the molecule is CCC1(OC(C)=O)CCCOC1(OC(C)=O)OC(C)=O. The topological polar surface area (TPSA) is 88.1 Å². The summed E-state index contributed by atoms with van der Waals surface area (Å²) in [6, 6.07) is 0. The lowest BCUT2D eigenvalue weighted by atomic mass is 9.89. The van der Waals surface area contributed by atoms with Crippen LogP contribution < -0.4 is 0 Å². The van der Waals surface area contributed by atoms with Crippen molar-refractivity contribution in [2.24, 2.45) is 0 Å². The van der Waals surface area contributed by atoms with Crippen LogP contribution in [0, 0.1) is 0 Å². The lowest BCUT2D eigenvalue weighted by Crippen LogP contribution is -2.64. The van der Waals surface area contributed by atoms with Crippen LogP contribution in [-0.4, -0.2) is 36.1 Å². The maximum Gasteiger partial charge on any atom is 0.418 e. The molecule has 1 saturated heterocycles. The van der Waals surface area contributed by atoms with Crippen LogP contribution in [0.1, 0.15) is 47.0 Å². The molecule has 0 aromatic heterocycles. The van der Waals surface area contributed by atoms with Gasteiger partial charge in [0.15, 0.2) is 0 Å². The van der Waals surface area contributed by atoms with Crippen LogP contribution >= 0.6 is 0 Å². The molecule has 0 aliphatic carbocycles. The first-order valence-electron chi connectivity index (χ1n) is 6.49. The minimum absolute atomic E-state index is 0.226. The first-order valence-corrected chi connectivity index (χ1v) is 6.49. The van der Waals surface area contributed by atoms with Gasteiger partial charge in [0.1, 0.15) is 0 Å². The summed E-state index contributed by atoms with van der Waals surface area (Å²) in [5.41, 5.74) is -1.34. The van der Waals surface area contributed by atoms with E-state index in [1.165, 1.54) is 6.92 Å². The molecule has 1 atom stereocenters. The second-order valence-electron chi connectivity index (χ2n) is 4.64. The summed E-state index contributed by atoms with van der Waals surface area (Å²) in [5, 5.41) is 0. The molecule has 0 bridgehead atoms. The van der Waals surface area contributed by atoms with Gasteiger partial charge in [-0.15, -0.1) is 0 Å². The summed E-state index contributed by atoms with van der Waals surface area (Å²) in [6.45, 7) is 5.52. The van der Waals surface area contributed by atoms with E-state index >= 15 is 0 Å². The maximum absolute atomic E-state index is 11.4. The molecule has 0 saturated carbocycles. The van der Waals surface area contributed by atoms with Crippen molar-refractivity contribution in [2.45, 2.75) is 58.5 Å². The van der Waals surface area contributed by atoms with Crippen molar-refractivity contribution in [1.82, 2.24) is 0 Å². The predicted octanol–water partition coefficient (Wildman–Crippen LogP) is 1.29. The zero-order valence-corrected chi connectivity index (χ0v) is 12.2. The van der Waals surface area contributed by atoms with Crippen molar-refractivity contribution < 1.29 is 33.3 Å². The lowest BCUT2D eigenvalue weighted by Gasteiger charge is -2.47. The van der Waals surface area contributed by atoms with Gasteiger partial charge < -0.3 is 18.9 Å². The van der Waals surface area contributed by atoms with E-state index < -0.39 is 29.5 Å². The van der Waals surface area contributed by atoms with Crippen LogP contribution in [0.3, 0.4) is 0 Å². The largest absolute Gasteiger partial charge is 0.448 e. The normalized spacial score (nSPS) is 24.6. The van der Waals surface area contributed by atoms with Gasteiger partial charge in [-0.1, -0.05) is 6.92 Å². The van der Waals surface area contributed by atoms with E-state index in [9.17, 15) is 14.4 Å². The zero-order chi connectivity index (χ0) is 15.4. The number of carbonyl (C=O) groups excluding carboxylic acids is 3. The third-order valence-corrected chi connectivity index (χ3v) is 3.04. The Morgan fingerprint density at radius 1 is 1.00 bits per heavy atom. The number of rotatable bonds is 4. The van der Waals surface area contributed by atoms with Crippen LogP contribution in [-0.2, 0) is 33.3 Å². The standard InChI is InChI=1S/C13H20O7/c1-5-12(18-9(2)14)7-6-8-17-13(12,19-10(3)15)20-11(4)16/h5-8H2,1-4H3. The molecule has 0 amide bonds. The Hall–Kier alpha value is -1.63. The molecule has 7 heteroatoms. The summed E-state index contributed by atoms with van der Waals surface area (Å²) in [5.74, 6) is -3.99. The van der Waals surface area contributed by atoms with E-state index in [0.717, 1.165) is 13.8 Å². The van der Waals surface area contributed by atoms with Crippen molar-refractivity contribution in [1.29, 1.82) is 0 Å². The van der Waals surface area contributed by atoms with E-state index in [4.69, 9.17) is 18.9 Å². The van der Waals surface area contributed by atoms with Gasteiger partial charge in [0.25, 0.3) is 0 Å². The summed E-state index contributed by atoms with van der Waals surface area (Å²) in [7, 11) is 0. The van der Waals surface area contributed by atoms with Gasteiger partial charge in [0, 0.05) is 27.2 Å². The van der Waals surface area contributed by atoms with Crippen LogP contribution in [0.5, 0.6) is 0 Å². The number of ether oxygens (including phenoxy) is 4. The van der Waals surface area contributed by atoms with Gasteiger partial charge in [0.05, 0.1) is 6.61 Å². The molecule has 0 spiro atoms. The average Bonchev–Trinajstić information content (AvgIpc) is 2.30. The van der Waals surface area contributed by atoms with Gasteiger partial charge in [0.2, 0.25) is 5.60 Å². The number of hydrogen-bond acceptors (Lipinski definition) is 7. The maximum atomic E-state index is 11.4. The summed E-state index contributed by atoms with van der Waals surface area (Å²) >= 11 is 0. The van der Waals surface area contributed by atoms with E-state index in [0.29, 0.717) is 12.8 Å². The highest BCUT2D eigenvalue weighted by Crippen LogP contribution is 2.43. The number of esters is 3. The monoisotopic (exact) mass is 288 g/mol. The summed E-state index contributed by atoms with van der Waals surface area (Å²) < 4.78 is 21.0. The van der Waals surface area contributed by atoms with Crippen LogP contribution in [0.2, 0.25) is 0 Å². The molecule has 114 valence electrons. The van der Waals surface area contributed by atoms with Gasteiger partial charge in [-0.2, -0.15) is 0 Å².